The number of aromatic nitrogens is 3. The molecule has 0 saturated heterocycles. The van der Waals surface area contributed by atoms with Gasteiger partial charge in [-0.25, -0.2) is 9.67 Å². The lowest BCUT2D eigenvalue weighted by atomic mass is 10.3. The van der Waals surface area contributed by atoms with E-state index in [1.165, 1.54) is 0 Å². The van der Waals surface area contributed by atoms with Crippen molar-refractivity contribution in [3.8, 4) is 5.69 Å². The fourth-order valence-corrected chi connectivity index (χ4v) is 1.82. The van der Waals surface area contributed by atoms with Crippen molar-refractivity contribution in [2.75, 3.05) is 7.05 Å². The van der Waals surface area contributed by atoms with E-state index >= 15 is 0 Å². The highest BCUT2D eigenvalue weighted by Crippen LogP contribution is 2.20. The zero-order valence-corrected chi connectivity index (χ0v) is 9.90. The molecule has 0 aliphatic carbocycles. The second kappa shape index (κ2) is 4.55. The Kier molecular flexibility index (Phi) is 3.13. The second-order valence-electron chi connectivity index (χ2n) is 3.07. The Morgan fingerprint density at radius 1 is 1.40 bits per heavy atom. The molecule has 4 nitrogen and oxygen atoms in total. The van der Waals surface area contributed by atoms with E-state index in [1.807, 2.05) is 36.0 Å². The van der Waals surface area contributed by atoms with E-state index in [9.17, 15) is 0 Å². The Bertz CT molecular complexity index is 452. The van der Waals surface area contributed by atoms with Crippen LogP contribution in [0.15, 0.2) is 35.1 Å². The van der Waals surface area contributed by atoms with Gasteiger partial charge >= 0.3 is 0 Å². The van der Waals surface area contributed by atoms with Crippen molar-refractivity contribution in [1.29, 1.82) is 0 Å². The fourth-order valence-electron chi connectivity index (χ4n) is 1.37. The summed E-state index contributed by atoms with van der Waals surface area (Å²) in [7, 11) is 1.89. The lowest BCUT2D eigenvalue weighted by Gasteiger charge is -2.07. The summed E-state index contributed by atoms with van der Waals surface area (Å²) in [5.74, 6) is 0.893. The molecular weight excluding hydrogens is 256 g/mol. The highest BCUT2D eigenvalue weighted by atomic mass is 79.9. The smallest absolute Gasteiger partial charge is 0.146 e. The van der Waals surface area contributed by atoms with Crippen LogP contribution in [0.4, 0.5) is 0 Å². The molecule has 1 aromatic heterocycles. The zero-order valence-electron chi connectivity index (χ0n) is 8.31. The number of halogens is 1. The Morgan fingerprint density at radius 2 is 2.20 bits per heavy atom. The third-order valence-corrected chi connectivity index (χ3v) is 2.70. The molecule has 15 heavy (non-hydrogen) atoms. The Hall–Kier alpha value is -1.20. The zero-order chi connectivity index (χ0) is 10.7. The maximum Gasteiger partial charge on any atom is 0.146 e. The number of hydrogen-bond donors (Lipinski definition) is 1. The topological polar surface area (TPSA) is 42.7 Å². The highest BCUT2D eigenvalue weighted by Gasteiger charge is 2.07. The summed E-state index contributed by atoms with van der Waals surface area (Å²) in [4.78, 5) is 4.19. The Balaban J connectivity index is 2.45. The van der Waals surface area contributed by atoms with Crippen LogP contribution in [0.5, 0.6) is 0 Å². The third kappa shape index (κ3) is 2.08. The first-order chi connectivity index (χ1) is 7.33. The molecule has 1 heterocycles. The van der Waals surface area contributed by atoms with E-state index in [0.29, 0.717) is 6.54 Å². The second-order valence-corrected chi connectivity index (χ2v) is 3.92. The molecule has 0 bridgehead atoms. The van der Waals surface area contributed by atoms with Crippen LogP contribution in [0, 0.1) is 0 Å². The van der Waals surface area contributed by atoms with Crippen molar-refractivity contribution in [2.45, 2.75) is 6.54 Å². The quantitative estimate of drug-likeness (QED) is 0.921. The number of para-hydroxylation sites is 1. The Morgan fingerprint density at radius 3 is 2.93 bits per heavy atom. The van der Waals surface area contributed by atoms with Crippen LogP contribution in [0.3, 0.4) is 0 Å². The van der Waals surface area contributed by atoms with Gasteiger partial charge in [0.15, 0.2) is 0 Å². The van der Waals surface area contributed by atoms with Crippen LogP contribution in [-0.4, -0.2) is 21.8 Å². The molecule has 0 unspecified atom stereocenters. The van der Waals surface area contributed by atoms with Crippen molar-refractivity contribution in [2.24, 2.45) is 0 Å². The van der Waals surface area contributed by atoms with Crippen molar-refractivity contribution in [3.05, 3.63) is 40.9 Å². The minimum atomic E-state index is 0.696. The van der Waals surface area contributed by atoms with Crippen LogP contribution in [0.1, 0.15) is 5.82 Å². The molecule has 0 spiro atoms. The highest BCUT2D eigenvalue weighted by molar-refractivity contribution is 9.10. The summed E-state index contributed by atoms with van der Waals surface area (Å²) in [6.45, 7) is 0.696. The maximum absolute atomic E-state index is 4.20. The summed E-state index contributed by atoms with van der Waals surface area (Å²) >= 11 is 3.49. The molecular formula is C10H11BrN4. The third-order valence-electron chi connectivity index (χ3n) is 2.03. The van der Waals surface area contributed by atoms with Gasteiger partial charge in [-0.3, -0.25) is 0 Å². The van der Waals surface area contributed by atoms with Gasteiger partial charge in [-0.15, -0.1) is 0 Å². The molecule has 0 aliphatic heterocycles. The van der Waals surface area contributed by atoms with Gasteiger partial charge in [-0.05, 0) is 35.1 Å². The van der Waals surface area contributed by atoms with Crippen LogP contribution in [0.2, 0.25) is 0 Å². The first-order valence-electron chi connectivity index (χ1n) is 4.61. The summed E-state index contributed by atoms with van der Waals surface area (Å²) in [5, 5.41) is 7.26. The van der Waals surface area contributed by atoms with Crippen LogP contribution < -0.4 is 5.32 Å². The molecule has 5 heteroatoms. The van der Waals surface area contributed by atoms with Crippen LogP contribution >= 0.6 is 15.9 Å². The van der Waals surface area contributed by atoms with Gasteiger partial charge in [-0.1, -0.05) is 12.1 Å². The van der Waals surface area contributed by atoms with Gasteiger partial charge < -0.3 is 5.32 Å². The van der Waals surface area contributed by atoms with E-state index in [-0.39, 0.29) is 0 Å². The van der Waals surface area contributed by atoms with E-state index in [2.05, 4.69) is 31.3 Å². The summed E-state index contributed by atoms with van der Waals surface area (Å²) in [5.41, 5.74) is 1.00. The monoisotopic (exact) mass is 266 g/mol. The predicted octanol–water partition coefficient (Wildman–Crippen LogP) is 1.75. The maximum atomic E-state index is 4.20. The van der Waals surface area contributed by atoms with E-state index < -0.39 is 0 Å². The first-order valence-corrected chi connectivity index (χ1v) is 5.40. The molecule has 0 radical (unpaired) electrons. The normalized spacial score (nSPS) is 10.5. The molecule has 0 amide bonds. The van der Waals surface area contributed by atoms with E-state index in [4.69, 9.17) is 0 Å². The first kappa shape index (κ1) is 10.3. The molecule has 2 rings (SSSR count). The van der Waals surface area contributed by atoms with Gasteiger partial charge in [0.25, 0.3) is 0 Å². The number of rotatable bonds is 3. The molecule has 0 fully saturated rings. The number of nitrogens with one attached hydrogen (secondary N) is 1. The minimum absolute atomic E-state index is 0.696. The average Bonchev–Trinajstić information content (AvgIpc) is 2.67. The minimum Gasteiger partial charge on any atom is -0.313 e. The number of hydrogen-bond acceptors (Lipinski definition) is 3. The fraction of sp³-hybridized carbons (Fsp3) is 0.200. The van der Waals surface area contributed by atoms with Crippen LogP contribution in [-0.2, 0) is 6.54 Å². The van der Waals surface area contributed by atoms with Crippen LogP contribution in [0.25, 0.3) is 5.69 Å². The van der Waals surface area contributed by atoms with Crippen molar-refractivity contribution in [3.63, 3.8) is 0 Å². The predicted molar refractivity (Wildman–Crippen MR) is 61.8 cm³/mol. The lowest BCUT2D eigenvalue weighted by molar-refractivity contribution is 0.711. The van der Waals surface area contributed by atoms with Gasteiger partial charge in [0.05, 0.1) is 12.2 Å². The number of benzene rings is 1. The molecule has 78 valence electrons. The SMILES string of the molecule is CNCc1ncnn1-c1ccccc1Br. The van der Waals surface area contributed by atoms with E-state index in [1.54, 1.807) is 6.33 Å². The lowest BCUT2D eigenvalue weighted by Crippen LogP contribution is -2.12. The van der Waals surface area contributed by atoms with Gasteiger partial charge in [0.2, 0.25) is 0 Å². The average molecular weight is 267 g/mol. The standard InChI is InChI=1S/C10H11BrN4/c1-12-6-10-13-7-14-15(10)9-5-3-2-4-8(9)11/h2-5,7,12H,6H2,1H3. The summed E-state index contributed by atoms with van der Waals surface area (Å²) < 4.78 is 2.83. The van der Waals surface area contributed by atoms with Crippen molar-refractivity contribution < 1.29 is 0 Å². The largest absolute Gasteiger partial charge is 0.313 e. The molecule has 2 aromatic rings. The van der Waals surface area contributed by atoms with Crippen molar-refractivity contribution in [1.82, 2.24) is 20.1 Å². The number of nitrogens with zero attached hydrogens (tertiary/aromatic N) is 3. The summed E-state index contributed by atoms with van der Waals surface area (Å²) in [6, 6.07) is 7.94. The van der Waals surface area contributed by atoms with E-state index in [0.717, 1.165) is 16.0 Å². The molecule has 1 N–H and O–H groups in total. The molecule has 0 saturated carbocycles. The van der Waals surface area contributed by atoms with Gasteiger partial charge in [0, 0.05) is 4.47 Å². The summed E-state index contributed by atoms with van der Waals surface area (Å²) in [6.07, 6.45) is 1.56. The molecule has 1 aromatic carbocycles. The Labute approximate surface area is 96.5 Å². The molecule has 0 aliphatic rings. The molecule has 0 atom stereocenters. The van der Waals surface area contributed by atoms with Crippen molar-refractivity contribution >= 4 is 15.9 Å². The van der Waals surface area contributed by atoms with Gasteiger partial charge in [-0.2, -0.15) is 5.10 Å². The van der Waals surface area contributed by atoms with Gasteiger partial charge in [0.1, 0.15) is 12.2 Å².